The van der Waals surface area contributed by atoms with Crippen LogP contribution in [0.4, 0.5) is 8.78 Å². The number of furan rings is 1. The van der Waals surface area contributed by atoms with Gasteiger partial charge < -0.3 is 14.5 Å². The molecule has 0 fully saturated rings. The van der Waals surface area contributed by atoms with Crippen LogP contribution < -0.4 is 10.1 Å². The van der Waals surface area contributed by atoms with Gasteiger partial charge in [0.25, 0.3) is 0 Å². The molecule has 2 rings (SSSR count). The normalized spacial score (nSPS) is 10.8. The average Bonchev–Trinajstić information content (AvgIpc) is 2.84. The second-order valence-corrected chi connectivity index (χ2v) is 3.72. The fraction of sp³-hybridized carbons (Fsp3) is 0.231. The summed E-state index contributed by atoms with van der Waals surface area (Å²) in [5, 5.41) is 3.13. The maximum absolute atomic E-state index is 12.2. The van der Waals surface area contributed by atoms with Crippen LogP contribution in [0.5, 0.6) is 5.75 Å². The maximum atomic E-state index is 12.2. The molecular weight excluding hydrogens is 240 g/mol. The van der Waals surface area contributed by atoms with E-state index in [1.165, 1.54) is 6.07 Å². The lowest BCUT2D eigenvalue weighted by Gasteiger charge is -2.10. The third kappa shape index (κ3) is 3.56. The molecule has 5 heteroatoms. The Morgan fingerprint density at radius 1 is 1.17 bits per heavy atom. The van der Waals surface area contributed by atoms with E-state index in [1.54, 1.807) is 30.7 Å². The molecule has 1 heterocycles. The Balaban J connectivity index is 1.92. The van der Waals surface area contributed by atoms with Crippen molar-refractivity contribution in [3.8, 4) is 5.75 Å². The van der Waals surface area contributed by atoms with E-state index in [2.05, 4.69) is 10.1 Å². The monoisotopic (exact) mass is 253 g/mol. The molecule has 18 heavy (non-hydrogen) atoms. The van der Waals surface area contributed by atoms with Gasteiger partial charge in [-0.25, -0.2) is 0 Å². The van der Waals surface area contributed by atoms with Gasteiger partial charge >= 0.3 is 6.61 Å². The minimum absolute atomic E-state index is 0.201. The molecule has 0 bridgehead atoms. The van der Waals surface area contributed by atoms with Crippen molar-refractivity contribution in [1.29, 1.82) is 0 Å². The van der Waals surface area contributed by atoms with E-state index < -0.39 is 6.61 Å². The molecule has 1 aromatic heterocycles. The topological polar surface area (TPSA) is 34.4 Å². The third-order valence-corrected chi connectivity index (χ3v) is 2.41. The first-order chi connectivity index (χ1) is 8.75. The Bertz CT molecular complexity index is 472. The predicted molar refractivity (Wildman–Crippen MR) is 62.3 cm³/mol. The smallest absolute Gasteiger partial charge is 0.387 e. The SMILES string of the molecule is FC(F)Oc1ccccc1CNCc1ccoc1. The summed E-state index contributed by atoms with van der Waals surface area (Å²) in [6.07, 6.45) is 3.22. The van der Waals surface area contributed by atoms with Gasteiger partial charge in [-0.05, 0) is 12.1 Å². The van der Waals surface area contributed by atoms with Gasteiger partial charge in [-0.1, -0.05) is 18.2 Å². The summed E-state index contributed by atoms with van der Waals surface area (Å²) in [5.41, 5.74) is 1.70. The molecule has 2 aromatic rings. The van der Waals surface area contributed by atoms with Crippen LogP contribution >= 0.6 is 0 Å². The lowest BCUT2D eigenvalue weighted by atomic mass is 10.2. The Hall–Kier alpha value is -1.88. The molecular formula is C13H13F2NO2. The van der Waals surface area contributed by atoms with E-state index in [0.717, 1.165) is 5.56 Å². The molecule has 0 aliphatic carbocycles. The number of benzene rings is 1. The molecule has 0 aliphatic heterocycles. The zero-order valence-electron chi connectivity index (χ0n) is 9.61. The van der Waals surface area contributed by atoms with Gasteiger partial charge in [-0.15, -0.1) is 0 Å². The lowest BCUT2D eigenvalue weighted by Crippen LogP contribution is -2.14. The van der Waals surface area contributed by atoms with Gasteiger partial charge in [0, 0.05) is 24.2 Å². The summed E-state index contributed by atoms with van der Waals surface area (Å²) in [7, 11) is 0. The van der Waals surface area contributed by atoms with Crippen LogP contribution in [0.2, 0.25) is 0 Å². The van der Waals surface area contributed by atoms with Crippen molar-refractivity contribution in [3.63, 3.8) is 0 Å². The van der Waals surface area contributed by atoms with Crippen molar-refractivity contribution in [2.24, 2.45) is 0 Å². The Labute approximate surface area is 103 Å². The first-order valence-electron chi connectivity index (χ1n) is 5.50. The summed E-state index contributed by atoms with van der Waals surface area (Å²) in [6.45, 7) is -1.74. The standard InChI is InChI=1S/C13H13F2NO2/c14-13(15)18-12-4-2-1-3-11(12)8-16-7-10-5-6-17-9-10/h1-6,9,13,16H,7-8H2. The van der Waals surface area contributed by atoms with Crippen molar-refractivity contribution >= 4 is 0 Å². The number of nitrogens with one attached hydrogen (secondary N) is 1. The molecule has 0 spiro atoms. The van der Waals surface area contributed by atoms with E-state index in [0.29, 0.717) is 18.7 Å². The average molecular weight is 253 g/mol. The van der Waals surface area contributed by atoms with Gasteiger partial charge in [0.1, 0.15) is 5.75 Å². The predicted octanol–water partition coefficient (Wildman–Crippen LogP) is 3.17. The van der Waals surface area contributed by atoms with Gasteiger partial charge in [0.2, 0.25) is 0 Å². The molecule has 0 radical (unpaired) electrons. The highest BCUT2D eigenvalue weighted by Crippen LogP contribution is 2.20. The molecule has 96 valence electrons. The molecule has 0 atom stereocenters. The first kappa shape index (κ1) is 12.6. The van der Waals surface area contributed by atoms with Crippen LogP contribution in [-0.2, 0) is 13.1 Å². The minimum Gasteiger partial charge on any atom is -0.472 e. The van der Waals surface area contributed by atoms with Crippen LogP contribution in [0.25, 0.3) is 0 Å². The van der Waals surface area contributed by atoms with E-state index in [1.807, 2.05) is 6.07 Å². The van der Waals surface area contributed by atoms with E-state index >= 15 is 0 Å². The van der Waals surface area contributed by atoms with Gasteiger partial charge in [-0.3, -0.25) is 0 Å². The molecule has 1 N–H and O–H groups in total. The fourth-order valence-corrected chi connectivity index (χ4v) is 1.60. The molecule has 0 saturated heterocycles. The van der Waals surface area contributed by atoms with Gasteiger partial charge in [0.05, 0.1) is 12.5 Å². The van der Waals surface area contributed by atoms with Crippen molar-refractivity contribution in [2.45, 2.75) is 19.7 Å². The number of halogens is 2. The molecule has 0 aliphatic rings. The lowest BCUT2D eigenvalue weighted by molar-refractivity contribution is -0.0505. The van der Waals surface area contributed by atoms with E-state index in [9.17, 15) is 8.78 Å². The highest BCUT2D eigenvalue weighted by atomic mass is 19.3. The molecule has 0 unspecified atom stereocenters. The number of hydrogen-bond acceptors (Lipinski definition) is 3. The van der Waals surface area contributed by atoms with Crippen LogP contribution in [0, 0.1) is 0 Å². The minimum atomic E-state index is -2.81. The Kier molecular flexibility index (Phi) is 4.30. The van der Waals surface area contributed by atoms with Crippen LogP contribution in [0.1, 0.15) is 11.1 Å². The van der Waals surface area contributed by atoms with E-state index in [-0.39, 0.29) is 5.75 Å². The third-order valence-electron chi connectivity index (χ3n) is 2.41. The summed E-state index contributed by atoms with van der Waals surface area (Å²) in [6, 6.07) is 8.57. The Morgan fingerprint density at radius 2 is 2.00 bits per heavy atom. The number of rotatable bonds is 6. The first-order valence-corrected chi connectivity index (χ1v) is 5.50. The molecule has 0 amide bonds. The maximum Gasteiger partial charge on any atom is 0.387 e. The second kappa shape index (κ2) is 6.16. The van der Waals surface area contributed by atoms with E-state index in [4.69, 9.17) is 4.42 Å². The largest absolute Gasteiger partial charge is 0.472 e. The van der Waals surface area contributed by atoms with Crippen LogP contribution in [0.15, 0.2) is 47.3 Å². The van der Waals surface area contributed by atoms with Crippen molar-refractivity contribution in [3.05, 3.63) is 54.0 Å². The van der Waals surface area contributed by atoms with Crippen molar-refractivity contribution < 1.29 is 17.9 Å². The number of ether oxygens (including phenoxy) is 1. The fourth-order valence-electron chi connectivity index (χ4n) is 1.60. The second-order valence-electron chi connectivity index (χ2n) is 3.72. The molecule has 1 aromatic carbocycles. The van der Waals surface area contributed by atoms with Gasteiger partial charge in [-0.2, -0.15) is 8.78 Å². The zero-order valence-corrected chi connectivity index (χ0v) is 9.61. The van der Waals surface area contributed by atoms with Crippen molar-refractivity contribution in [2.75, 3.05) is 0 Å². The summed E-state index contributed by atoms with van der Waals surface area (Å²) >= 11 is 0. The van der Waals surface area contributed by atoms with Crippen LogP contribution in [-0.4, -0.2) is 6.61 Å². The summed E-state index contributed by atoms with van der Waals surface area (Å²) in [4.78, 5) is 0. The number of para-hydroxylation sites is 1. The molecule has 3 nitrogen and oxygen atoms in total. The zero-order chi connectivity index (χ0) is 12.8. The van der Waals surface area contributed by atoms with Crippen LogP contribution in [0.3, 0.4) is 0 Å². The van der Waals surface area contributed by atoms with Crippen molar-refractivity contribution in [1.82, 2.24) is 5.32 Å². The highest BCUT2D eigenvalue weighted by molar-refractivity contribution is 5.33. The Morgan fingerprint density at radius 3 is 2.72 bits per heavy atom. The molecule has 0 saturated carbocycles. The summed E-state index contributed by atoms with van der Waals surface area (Å²) < 4.78 is 33.8. The number of alkyl halides is 2. The quantitative estimate of drug-likeness (QED) is 0.858. The number of hydrogen-bond donors (Lipinski definition) is 1. The van der Waals surface area contributed by atoms with Gasteiger partial charge in [0.15, 0.2) is 0 Å². The summed E-state index contributed by atoms with van der Waals surface area (Å²) in [5.74, 6) is 0.201. The highest BCUT2D eigenvalue weighted by Gasteiger charge is 2.08.